The van der Waals surface area contributed by atoms with Gasteiger partial charge in [-0.15, -0.1) is 0 Å². The summed E-state index contributed by atoms with van der Waals surface area (Å²) in [4.78, 5) is 36.7. The molecule has 1 N–H and O–H groups in total. The van der Waals surface area contributed by atoms with E-state index in [1.165, 1.54) is 6.08 Å². The topological polar surface area (TPSA) is 81.7 Å². The molecule has 0 radical (unpaired) electrons. The lowest BCUT2D eigenvalue weighted by molar-refractivity contribution is -0.137. The van der Waals surface area contributed by atoms with Gasteiger partial charge in [-0.2, -0.15) is 0 Å². The van der Waals surface area contributed by atoms with Gasteiger partial charge < -0.3 is 14.8 Å². The smallest absolute Gasteiger partial charge is 0.338 e. The van der Waals surface area contributed by atoms with Crippen molar-refractivity contribution < 1.29 is 23.9 Å². The van der Waals surface area contributed by atoms with E-state index in [9.17, 15) is 14.4 Å². The molecule has 0 unspecified atom stereocenters. The van der Waals surface area contributed by atoms with Gasteiger partial charge in [-0.25, -0.2) is 9.59 Å². The summed E-state index contributed by atoms with van der Waals surface area (Å²) in [7, 11) is 0. The first-order valence-corrected chi connectivity index (χ1v) is 9.57. The van der Waals surface area contributed by atoms with Crippen LogP contribution in [0.5, 0.6) is 0 Å². The van der Waals surface area contributed by atoms with Gasteiger partial charge in [0.2, 0.25) is 0 Å². The van der Waals surface area contributed by atoms with Crippen molar-refractivity contribution in [2.75, 3.05) is 18.5 Å². The van der Waals surface area contributed by atoms with E-state index in [4.69, 9.17) is 9.47 Å². The van der Waals surface area contributed by atoms with Crippen LogP contribution in [0.25, 0.3) is 5.57 Å². The Morgan fingerprint density at radius 3 is 2.21 bits per heavy atom. The van der Waals surface area contributed by atoms with Crippen molar-refractivity contribution in [1.29, 1.82) is 0 Å². The number of nitrogens with one attached hydrogen (secondary N) is 1. The highest BCUT2D eigenvalue weighted by Gasteiger charge is 2.15. The average molecular weight is 395 g/mol. The molecule has 0 bridgehead atoms. The second-order valence-corrected chi connectivity index (χ2v) is 6.20. The molecule has 152 valence electrons. The summed E-state index contributed by atoms with van der Waals surface area (Å²) in [5.41, 5.74) is 1.68. The number of hydrogen-bond donors (Lipinski definition) is 1. The van der Waals surface area contributed by atoms with Crippen molar-refractivity contribution in [3.63, 3.8) is 0 Å². The van der Waals surface area contributed by atoms with Crippen LogP contribution in [0.1, 0.15) is 42.6 Å². The first-order valence-electron chi connectivity index (χ1n) is 9.57. The van der Waals surface area contributed by atoms with Gasteiger partial charge in [0, 0.05) is 11.8 Å². The highest BCUT2D eigenvalue weighted by atomic mass is 16.5. The predicted molar refractivity (Wildman–Crippen MR) is 111 cm³/mol. The number of unbranched alkanes of at least 4 members (excludes halogenated alkanes) is 1. The third-order valence-electron chi connectivity index (χ3n) is 3.99. The summed E-state index contributed by atoms with van der Waals surface area (Å²) >= 11 is 0. The maximum Gasteiger partial charge on any atom is 0.338 e. The minimum Gasteiger partial charge on any atom is -0.463 e. The molecule has 0 fully saturated rings. The lowest BCUT2D eigenvalue weighted by Crippen LogP contribution is -2.16. The number of carbonyl (C=O) groups is 3. The van der Waals surface area contributed by atoms with Crippen LogP contribution in [0, 0.1) is 0 Å². The molecule has 2 rings (SSSR count). The molecule has 0 saturated carbocycles. The lowest BCUT2D eigenvalue weighted by Gasteiger charge is -2.10. The Labute approximate surface area is 170 Å². The van der Waals surface area contributed by atoms with Crippen LogP contribution in [-0.2, 0) is 19.1 Å². The summed E-state index contributed by atoms with van der Waals surface area (Å²) in [6.07, 6.45) is 2.87. The van der Waals surface area contributed by atoms with Crippen molar-refractivity contribution >= 4 is 29.1 Å². The molecule has 0 spiro atoms. The average Bonchev–Trinajstić information content (AvgIpc) is 2.73. The highest BCUT2D eigenvalue weighted by Crippen LogP contribution is 2.18. The third kappa shape index (κ3) is 6.92. The van der Waals surface area contributed by atoms with Gasteiger partial charge >= 0.3 is 11.9 Å². The Balaban J connectivity index is 2.17. The number of rotatable bonds is 9. The summed E-state index contributed by atoms with van der Waals surface area (Å²) < 4.78 is 10.1. The molecule has 0 atom stereocenters. The van der Waals surface area contributed by atoms with E-state index < -0.39 is 17.8 Å². The van der Waals surface area contributed by atoms with Crippen molar-refractivity contribution in [3.05, 3.63) is 71.8 Å². The fraction of sp³-hybridized carbons (Fsp3) is 0.261. The van der Waals surface area contributed by atoms with Gasteiger partial charge in [0.25, 0.3) is 5.91 Å². The predicted octanol–water partition coefficient (Wildman–Crippen LogP) is 4.23. The molecule has 0 heterocycles. The maximum absolute atomic E-state index is 12.8. The molecular formula is C23H25NO5. The maximum atomic E-state index is 12.8. The summed E-state index contributed by atoms with van der Waals surface area (Å²) in [5, 5.41) is 2.74. The fourth-order valence-electron chi connectivity index (χ4n) is 2.48. The van der Waals surface area contributed by atoms with E-state index in [0.717, 1.165) is 12.8 Å². The molecule has 0 aliphatic rings. The van der Waals surface area contributed by atoms with Crippen molar-refractivity contribution in [3.8, 4) is 0 Å². The Bertz CT molecular complexity index is 857. The van der Waals surface area contributed by atoms with E-state index in [-0.39, 0.29) is 12.2 Å². The fourth-order valence-corrected chi connectivity index (χ4v) is 2.48. The number of carbonyl (C=O) groups excluding carboxylic acids is 3. The highest BCUT2D eigenvalue weighted by molar-refractivity contribution is 6.28. The Kier molecular flexibility index (Phi) is 8.63. The summed E-state index contributed by atoms with van der Waals surface area (Å²) in [5.74, 6) is -1.44. The SMILES string of the molecule is CCCCOC(=O)/C=C(/C(=O)Nc1ccc(C(=O)OCC)cc1)c1ccccc1. The van der Waals surface area contributed by atoms with E-state index in [1.54, 1.807) is 55.5 Å². The molecule has 2 aromatic rings. The van der Waals surface area contributed by atoms with Gasteiger partial charge in [-0.1, -0.05) is 43.7 Å². The Morgan fingerprint density at radius 1 is 0.897 bits per heavy atom. The quantitative estimate of drug-likeness (QED) is 0.390. The number of hydrogen-bond acceptors (Lipinski definition) is 5. The minimum atomic E-state index is -0.565. The van der Waals surface area contributed by atoms with Crippen LogP contribution in [0.4, 0.5) is 5.69 Å². The van der Waals surface area contributed by atoms with E-state index in [0.29, 0.717) is 23.4 Å². The largest absolute Gasteiger partial charge is 0.463 e. The monoisotopic (exact) mass is 395 g/mol. The first kappa shape index (κ1) is 21.9. The van der Waals surface area contributed by atoms with E-state index in [1.807, 2.05) is 13.0 Å². The second kappa shape index (κ2) is 11.4. The standard InChI is InChI=1S/C23H25NO5/c1-3-5-15-29-21(25)16-20(17-9-7-6-8-10-17)22(26)24-19-13-11-18(12-14-19)23(27)28-4-2/h6-14,16H,3-5,15H2,1-2H3,(H,24,26)/b20-16+. The summed E-state index contributed by atoms with van der Waals surface area (Å²) in [6, 6.07) is 15.2. The van der Waals surface area contributed by atoms with Gasteiger partial charge in [0.15, 0.2) is 0 Å². The Morgan fingerprint density at radius 2 is 1.59 bits per heavy atom. The third-order valence-corrected chi connectivity index (χ3v) is 3.99. The number of ether oxygens (including phenoxy) is 2. The zero-order valence-corrected chi connectivity index (χ0v) is 16.6. The van der Waals surface area contributed by atoms with Crippen LogP contribution in [-0.4, -0.2) is 31.1 Å². The van der Waals surface area contributed by atoms with Crippen LogP contribution < -0.4 is 5.32 Å². The number of anilines is 1. The zero-order chi connectivity index (χ0) is 21.1. The number of benzene rings is 2. The second-order valence-electron chi connectivity index (χ2n) is 6.20. The molecule has 0 aromatic heterocycles. The lowest BCUT2D eigenvalue weighted by atomic mass is 10.0. The number of amides is 1. The van der Waals surface area contributed by atoms with Crippen molar-refractivity contribution in [1.82, 2.24) is 0 Å². The minimum absolute atomic E-state index is 0.196. The molecule has 1 amide bonds. The van der Waals surface area contributed by atoms with Crippen LogP contribution in [0.2, 0.25) is 0 Å². The molecule has 6 nitrogen and oxygen atoms in total. The molecule has 6 heteroatoms. The van der Waals surface area contributed by atoms with Gasteiger partial charge in [0.1, 0.15) is 0 Å². The Hall–Kier alpha value is -3.41. The molecular weight excluding hydrogens is 370 g/mol. The molecule has 0 aliphatic heterocycles. The van der Waals surface area contributed by atoms with Crippen LogP contribution >= 0.6 is 0 Å². The summed E-state index contributed by atoms with van der Waals surface area (Å²) in [6.45, 7) is 4.33. The van der Waals surface area contributed by atoms with Crippen molar-refractivity contribution in [2.24, 2.45) is 0 Å². The van der Waals surface area contributed by atoms with Gasteiger partial charge in [-0.3, -0.25) is 4.79 Å². The van der Waals surface area contributed by atoms with Gasteiger partial charge in [-0.05, 0) is 43.2 Å². The van der Waals surface area contributed by atoms with Crippen LogP contribution in [0.15, 0.2) is 60.7 Å². The molecule has 0 aliphatic carbocycles. The van der Waals surface area contributed by atoms with Crippen LogP contribution in [0.3, 0.4) is 0 Å². The molecule has 29 heavy (non-hydrogen) atoms. The van der Waals surface area contributed by atoms with Crippen molar-refractivity contribution in [2.45, 2.75) is 26.7 Å². The zero-order valence-electron chi connectivity index (χ0n) is 16.6. The normalized spacial score (nSPS) is 10.9. The van der Waals surface area contributed by atoms with E-state index >= 15 is 0 Å². The van der Waals surface area contributed by atoms with Gasteiger partial charge in [0.05, 0.1) is 24.4 Å². The molecule has 0 saturated heterocycles. The number of esters is 2. The first-order chi connectivity index (χ1) is 14.0. The van der Waals surface area contributed by atoms with E-state index in [2.05, 4.69) is 5.32 Å². The molecule has 2 aromatic carbocycles.